The van der Waals surface area contributed by atoms with E-state index in [1.165, 1.54) is 6.33 Å². The van der Waals surface area contributed by atoms with Crippen LogP contribution in [0.25, 0.3) is 17.0 Å². The molecule has 0 aliphatic rings. The molecule has 6 heteroatoms. The Bertz CT molecular complexity index is 552. The van der Waals surface area contributed by atoms with Crippen LogP contribution in [0.3, 0.4) is 0 Å². The zero-order valence-corrected chi connectivity index (χ0v) is 7.18. The Morgan fingerprint density at radius 2 is 2.21 bits per heavy atom. The van der Waals surface area contributed by atoms with Gasteiger partial charge in [-0.05, 0) is 11.1 Å². The van der Waals surface area contributed by atoms with Gasteiger partial charge in [0.2, 0.25) is 6.33 Å². The number of hydrogen-bond donors (Lipinski definition) is 2. The molecule has 3 aromatic rings. The molecule has 0 saturated carbocycles. The van der Waals surface area contributed by atoms with Crippen molar-refractivity contribution in [3.63, 3.8) is 0 Å². The minimum atomic E-state index is 0.664. The third-order valence-electron chi connectivity index (χ3n) is 1.98. The molecule has 0 aliphatic heterocycles. The number of nitrogens with one attached hydrogen (secondary N) is 2. The van der Waals surface area contributed by atoms with E-state index in [1.807, 2.05) is 18.5 Å². The van der Waals surface area contributed by atoms with Crippen molar-refractivity contribution in [3.8, 4) is 5.82 Å². The van der Waals surface area contributed by atoms with E-state index in [9.17, 15) is 0 Å². The lowest BCUT2D eigenvalue weighted by Crippen LogP contribution is -2.33. The lowest BCUT2D eigenvalue weighted by Gasteiger charge is -1.89. The van der Waals surface area contributed by atoms with Gasteiger partial charge in [0, 0.05) is 6.20 Å². The van der Waals surface area contributed by atoms with Gasteiger partial charge in [0.1, 0.15) is 6.20 Å². The Balaban J connectivity index is 2.36. The lowest BCUT2D eigenvalue weighted by atomic mass is 10.5. The van der Waals surface area contributed by atoms with Gasteiger partial charge in [-0.3, -0.25) is 0 Å². The number of imidazole rings is 1. The summed E-state index contributed by atoms with van der Waals surface area (Å²) in [7, 11) is 0. The van der Waals surface area contributed by atoms with E-state index in [-0.39, 0.29) is 0 Å². The Hall–Kier alpha value is -2.24. The topological polar surface area (TPSA) is 74.1 Å². The predicted octanol–water partition coefficient (Wildman–Crippen LogP) is -0.0423. The van der Waals surface area contributed by atoms with Crippen LogP contribution in [-0.2, 0) is 0 Å². The Kier molecular flexibility index (Phi) is 1.35. The van der Waals surface area contributed by atoms with Gasteiger partial charge in [-0.15, -0.1) is 4.68 Å². The largest absolute Gasteiger partial charge is 0.375 e. The van der Waals surface area contributed by atoms with Gasteiger partial charge in [-0.1, -0.05) is 0 Å². The summed E-state index contributed by atoms with van der Waals surface area (Å²) in [6.07, 6.45) is 6.80. The number of fused-ring (bicyclic) bond motifs is 1. The zero-order valence-electron chi connectivity index (χ0n) is 7.18. The molecule has 6 nitrogen and oxygen atoms in total. The van der Waals surface area contributed by atoms with E-state index >= 15 is 0 Å². The molecule has 14 heavy (non-hydrogen) atoms. The molecule has 0 spiro atoms. The first-order chi connectivity index (χ1) is 6.95. The van der Waals surface area contributed by atoms with E-state index in [1.54, 1.807) is 11.0 Å². The van der Waals surface area contributed by atoms with Crippen LogP contribution in [0, 0.1) is 0 Å². The van der Waals surface area contributed by atoms with Gasteiger partial charge in [-0.2, -0.15) is 4.98 Å². The summed E-state index contributed by atoms with van der Waals surface area (Å²) >= 11 is 0. The van der Waals surface area contributed by atoms with Crippen LogP contribution in [0.5, 0.6) is 0 Å². The van der Waals surface area contributed by atoms with E-state index in [2.05, 4.69) is 25.0 Å². The molecule has 0 aromatic carbocycles. The molecular formula is C8H7N6+. The third kappa shape index (κ3) is 0.905. The van der Waals surface area contributed by atoms with Crippen molar-refractivity contribution in [1.29, 1.82) is 0 Å². The maximum absolute atomic E-state index is 4.17. The summed E-state index contributed by atoms with van der Waals surface area (Å²) < 4.78 is 1.79. The van der Waals surface area contributed by atoms with Crippen LogP contribution in [0.2, 0.25) is 0 Å². The number of nitrogens with zero attached hydrogens (tertiary/aromatic N) is 4. The molecule has 3 heterocycles. The van der Waals surface area contributed by atoms with Crippen LogP contribution < -0.4 is 4.68 Å². The molecular weight excluding hydrogens is 180 g/mol. The first kappa shape index (κ1) is 7.19. The first-order valence-corrected chi connectivity index (χ1v) is 4.14. The van der Waals surface area contributed by atoms with Crippen molar-refractivity contribution in [2.24, 2.45) is 0 Å². The molecule has 0 radical (unpaired) electrons. The quantitative estimate of drug-likeness (QED) is 0.525. The fourth-order valence-electron chi connectivity index (χ4n) is 1.36. The SMILES string of the molecule is c1c[nH][n+](-c2ncnc3nc[nH]c23)c1. The van der Waals surface area contributed by atoms with E-state index < -0.39 is 0 Å². The smallest absolute Gasteiger partial charge is 0.336 e. The van der Waals surface area contributed by atoms with Crippen molar-refractivity contribution in [2.45, 2.75) is 0 Å². The van der Waals surface area contributed by atoms with Crippen molar-refractivity contribution < 1.29 is 4.68 Å². The minimum absolute atomic E-state index is 0.664. The van der Waals surface area contributed by atoms with Crippen molar-refractivity contribution in [2.75, 3.05) is 0 Å². The van der Waals surface area contributed by atoms with Gasteiger partial charge in [0.05, 0.1) is 6.33 Å². The molecule has 0 aliphatic carbocycles. The predicted molar refractivity (Wildman–Crippen MR) is 47.6 cm³/mol. The van der Waals surface area contributed by atoms with Crippen LogP contribution in [0.4, 0.5) is 0 Å². The summed E-state index contributed by atoms with van der Waals surface area (Å²) in [5.41, 5.74) is 1.48. The van der Waals surface area contributed by atoms with Gasteiger partial charge < -0.3 is 4.98 Å². The number of hydrogen-bond acceptors (Lipinski definition) is 3. The maximum Gasteiger partial charge on any atom is 0.375 e. The lowest BCUT2D eigenvalue weighted by molar-refractivity contribution is -0.657. The standard InChI is InChI=1S/C8H6N6/c1-2-13-14(3-1)8-6-7(10-4-9-6)11-5-12-8/h1-5H,(H,9,10,11,12)/p+1. The average molecular weight is 187 g/mol. The number of aromatic nitrogens is 6. The molecule has 0 amide bonds. The first-order valence-electron chi connectivity index (χ1n) is 4.14. The zero-order chi connectivity index (χ0) is 9.38. The molecule has 0 unspecified atom stereocenters. The maximum atomic E-state index is 4.17. The second kappa shape index (κ2) is 2.63. The fourth-order valence-corrected chi connectivity index (χ4v) is 1.36. The Labute approximate surface area is 78.6 Å². The molecule has 68 valence electrons. The molecule has 0 atom stereocenters. The molecule has 0 fully saturated rings. The Morgan fingerprint density at radius 3 is 3.07 bits per heavy atom. The summed E-state index contributed by atoms with van der Waals surface area (Å²) in [6.45, 7) is 0. The summed E-state index contributed by atoms with van der Waals surface area (Å²) in [6, 6.07) is 1.89. The summed E-state index contributed by atoms with van der Waals surface area (Å²) in [4.78, 5) is 15.3. The van der Waals surface area contributed by atoms with Crippen LogP contribution in [0.1, 0.15) is 0 Å². The highest BCUT2D eigenvalue weighted by Crippen LogP contribution is 2.07. The number of aromatic amines is 2. The average Bonchev–Trinajstić information content (AvgIpc) is 2.88. The molecule has 2 N–H and O–H groups in total. The monoisotopic (exact) mass is 187 g/mol. The van der Waals surface area contributed by atoms with Crippen molar-refractivity contribution in [1.82, 2.24) is 25.0 Å². The van der Waals surface area contributed by atoms with Crippen molar-refractivity contribution >= 4 is 11.2 Å². The Morgan fingerprint density at radius 1 is 1.21 bits per heavy atom. The second-order valence-corrected chi connectivity index (χ2v) is 2.81. The highest BCUT2D eigenvalue weighted by atomic mass is 15.3. The van der Waals surface area contributed by atoms with Crippen molar-refractivity contribution in [3.05, 3.63) is 31.1 Å². The third-order valence-corrected chi connectivity index (χ3v) is 1.98. The van der Waals surface area contributed by atoms with Gasteiger partial charge in [0.25, 0.3) is 0 Å². The van der Waals surface area contributed by atoms with E-state index in [0.29, 0.717) is 5.65 Å². The van der Waals surface area contributed by atoms with Crippen LogP contribution >= 0.6 is 0 Å². The molecule has 3 aromatic heterocycles. The fraction of sp³-hybridized carbons (Fsp3) is 0. The van der Waals surface area contributed by atoms with Gasteiger partial charge in [0.15, 0.2) is 11.2 Å². The van der Waals surface area contributed by atoms with Gasteiger partial charge >= 0.3 is 5.82 Å². The molecule has 0 bridgehead atoms. The normalized spacial score (nSPS) is 10.9. The van der Waals surface area contributed by atoms with Crippen LogP contribution in [-0.4, -0.2) is 25.0 Å². The van der Waals surface area contributed by atoms with Gasteiger partial charge in [-0.25, -0.2) is 10.1 Å². The minimum Gasteiger partial charge on any atom is -0.336 e. The highest BCUT2D eigenvalue weighted by molar-refractivity contribution is 5.74. The van der Waals surface area contributed by atoms with E-state index in [0.717, 1.165) is 11.3 Å². The molecule has 3 rings (SSSR count). The molecule has 0 saturated heterocycles. The summed E-state index contributed by atoms with van der Waals surface area (Å²) in [5.74, 6) is 0.762. The second-order valence-electron chi connectivity index (χ2n) is 2.81. The highest BCUT2D eigenvalue weighted by Gasteiger charge is 2.15. The number of H-pyrrole nitrogens is 2. The van der Waals surface area contributed by atoms with E-state index in [4.69, 9.17) is 0 Å². The summed E-state index contributed by atoms with van der Waals surface area (Å²) in [5, 5.41) is 3.01. The number of rotatable bonds is 1. The van der Waals surface area contributed by atoms with Crippen LogP contribution in [0.15, 0.2) is 31.1 Å².